The predicted molar refractivity (Wildman–Crippen MR) is 208 cm³/mol. The van der Waals surface area contributed by atoms with Gasteiger partial charge in [0, 0.05) is 62.2 Å². The van der Waals surface area contributed by atoms with Gasteiger partial charge in [0.2, 0.25) is 11.3 Å². The summed E-state index contributed by atoms with van der Waals surface area (Å²) in [4.78, 5) is 42.4. The summed E-state index contributed by atoms with van der Waals surface area (Å²) in [5.41, 5.74) is 12.4. The predicted octanol–water partition coefficient (Wildman–Crippen LogP) is 5.91. The van der Waals surface area contributed by atoms with Gasteiger partial charge in [0.05, 0.1) is 24.3 Å². The van der Waals surface area contributed by atoms with E-state index < -0.39 is 17.2 Å². The van der Waals surface area contributed by atoms with Crippen LogP contribution in [0.25, 0.3) is 38.5 Å². The number of likely N-dealkylation sites (N-methyl/N-ethyl adjacent to an activating group) is 1. The largest absolute Gasteiger partial charge is 0.456 e. The summed E-state index contributed by atoms with van der Waals surface area (Å²) in [6.45, 7) is 12.0. The van der Waals surface area contributed by atoms with E-state index in [2.05, 4.69) is 16.7 Å². The average molecular weight is 741 g/mol. The molecule has 0 bridgehead atoms. The van der Waals surface area contributed by atoms with Crippen LogP contribution in [0.2, 0.25) is 0 Å². The molecule has 13 heteroatoms. The Kier molecular flexibility index (Phi) is 11.5. The first kappa shape index (κ1) is 37.3. The van der Waals surface area contributed by atoms with Gasteiger partial charge in [0.25, 0.3) is 5.91 Å². The molecular weight excluding hydrogens is 691 g/mol. The van der Waals surface area contributed by atoms with E-state index in [1.807, 2.05) is 41.3 Å². The number of carbonyl (C=O) groups is 2. The second-order valence-electron chi connectivity index (χ2n) is 14.3. The summed E-state index contributed by atoms with van der Waals surface area (Å²) in [5.74, 6) is -0.871. The molecule has 3 aromatic carbocycles. The molecule has 0 spiro atoms. The number of rotatable bonds is 6. The number of amides is 2. The Bertz CT molecular complexity index is 2220. The summed E-state index contributed by atoms with van der Waals surface area (Å²) in [7, 11) is 0. The molecule has 2 aromatic heterocycles. The number of primary amides is 2. The number of nitrogens with zero attached hydrogens (tertiary/aromatic N) is 4. The summed E-state index contributed by atoms with van der Waals surface area (Å²) in [5, 5.41) is 1.83. The molecule has 0 radical (unpaired) electrons. The second kappa shape index (κ2) is 16.6. The van der Waals surface area contributed by atoms with Crippen LogP contribution in [0.3, 0.4) is 0 Å². The van der Waals surface area contributed by atoms with E-state index in [0.29, 0.717) is 47.7 Å². The topological polar surface area (TPSA) is 150 Å². The van der Waals surface area contributed by atoms with E-state index in [-0.39, 0.29) is 22.6 Å². The number of halogens is 1. The highest BCUT2D eigenvalue weighted by Gasteiger charge is 2.31. The number of aromatic nitrogens is 1. The van der Waals surface area contributed by atoms with Crippen molar-refractivity contribution in [1.82, 2.24) is 14.4 Å². The number of hydrogen-bond donors (Lipinski definition) is 2. The van der Waals surface area contributed by atoms with Gasteiger partial charge in [-0.3, -0.25) is 19.3 Å². The molecule has 286 valence electrons. The van der Waals surface area contributed by atoms with Crippen molar-refractivity contribution in [2.45, 2.75) is 51.9 Å². The van der Waals surface area contributed by atoms with Crippen molar-refractivity contribution in [2.75, 3.05) is 70.5 Å². The van der Waals surface area contributed by atoms with Gasteiger partial charge < -0.3 is 39.7 Å². The maximum atomic E-state index is 15.6. The molecule has 0 unspecified atom stereocenters. The molecule has 12 nitrogen and oxygen atoms in total. The molecule has 5 aromatic rings. The second-order valence-corrected chi connectivity index (χ2v) is 14.3. The number of benzene rings is 3. The minimum atomic E-state index is -0.874. The zero-order valence-corrected chi connectivity index (χ0v) is 30.9. The highest BCUT2D eigenvalue weighted by Crippen LogP contribution is 2.48. The Morgan fingerprint density at radius 3 is 2.19 bits per heavy atom. The lowest BCUT2D eigenvalue weighted by Gasteiger charge is -2.33. The van der Waals surface area contributed by atoms with E-state index in [9.17, 15) is 14.4 Å². The Labute approximate surface area is 313 Å². The van der Waals surface area contributed by atoms with Crippen LogP contribution in [0.5, 0.6) is 11.5 Å². The number of anilines is 1. The summed E-state index contributed by atoms with van der Waals surface area (Å²) in [6.07, 6.45) is 8.81. The third-order valence-electron chi connectivity index (χ3n) is 10.7. The fourth-order valence-corrected chi connectivity index (χ4v) is 7.78. The molecule has 2 amide bonds. The van der Waals surface area contributed by atoms with Crippen LogP contribution in [0.1, 0.15) is 62.2 Å². The molecule has 4 N–H and O–H groups in total. The summed E-state index contributed by atoms with van der Waals surface area (Å²) >= 11 is 0. The van der Waals surface area contributed by atoms with Crippen LogP contribution in [-0.2, 0) is 9.53 Å². The Hall–Kier alpha value is -4.98. The van der Waals surface area contributed by atoms with Crippen molar-refractivity contribution in [3.05, 3.63) is 70.3 Å². The van der Waals surface area contributed by atoms with E-state index in [4.69, 9.17) is 25.4 Å². The van der Waals surface area contributed by atoms with Gasteiger partial charge in [-0.15, -0.1) is 0 Å². The SMILES string of the molecule is CCN1CCOCC1.NC(=O)CCN1CCCCC1.NC(=O)c1cn2c3c(c(N4CCCCC4)c(F)cc3c1=O)Oc1cc3c(cc1-2)oc1ccccc13. The van der Waals surface area contributed by atoms with Gasteiger partial charge in [-0.05, 0) is 69.9 Å². The molecule has 4 aliphatic heterocycles. The third kappa shape index (κ3) is 7.80. The number of likely N-dealkylation sites (tertiary alicyclic amines) is 1. The highest BCUT2D eigenvalue weighted by atomic mass is 19.1. The first-order chi connectivity index (χ1) is 26.2. The van der Waals surface area contributed by atoms with Crippen LogP contribution >= 0.6 is 0 Å². The molecule has 9 rings (SSSR count). The van der Waals surface area contributed by atoms with Crippen molar-refractivity contribution in [3.63, 3.8) is 0 Å². The molecule has 6 heterocycles. The van der Waals surface area contributed by atoms with E-state index in [1.54, 1.807) is 4.57 Å². The number of ether oxygens (including phenoxy) is 2. The maximum Gasteiger partial charge on any atom is 0.254 e. The zero-order chi connectivity index (χ0) is 37.8. The molecule has 3 saturated heterocycles. The van der Waals surface area contributed by atoms with Crippen molar-refractivity contribution < 1.29 is 27.9 Å². The minimum absolute atomic E-state index is 0.0462. The lowest BCUT2D eigenvalue weighted by Crippen LogP contribution is -2.35. The van der Waals surface area contributed by atoms with Crippen LogP contribution in [-0.4, -0.2) is 91.8 Å². The maximum absolute atomic E-state index is 15.6. The van der Waals surface area contributed by atoms with Gasteiger partial charge in [0.1, 0.15) is 27.9 Å². The van der Waals surface area contributed by atoms with Crippen LogP contribution in [0.15, 0.2) is 57.9 Å². The van der Waals surface area contributed by atoms with Crippen LogP contribution < -0.4 is 26.5 Å². The minimum Gasteiger partial charge on any atom is -0.456 e. The number of fused-ring (bicyclic) bond motifs is 5. The van der Waals surface area contributed by atoms with Gasteiger partial charge in [-0.2, -0.15) is 0 Å². The van der Waals surface area contributed by atoms with Gasteiger partial charge in [0.15, 0.2) is 17.3 Å². The number of para-hydroxylation sites is 1. The third-order valence-corrected chi connectivity index (χ3v) is 10.7. The van der Waals surface area contributed by atoms with E-state index >= 15 is 4.39 Å². The first-order valence-corrected chi connectivity index (χ1v) is 19.1. The summed E-state index contributed by atoms with van der Waals surface area (Å²) < 4.78 is 34.9. The van der Waals surface area contributed by atoms with Crippen molar-refractivity contribution in [1.29, 1.82) is 0 Å². The van der Waals surface area contributed by atoms with Crippen LogP contribution in [0.4, 0.5) is 10.1 Å². The van der Waals surface area contributed by atoms with E-state index in [0.717, 1.165) is 81.6 Å². The molecule has 0 saturated carbocycles. The smallest absolute Gasteiger partial charge is 0.254 e. The van der Waals surface area contributed by atoms with Crippen molar-refractivity contribution in [2.24, 2.45) is 11.5 Å². The number of furan rings is 1. The quantitative estimate of drug-likeness (QED) is 0.213. The molecular formula is C41H49FN6O6. The van der Waals surface area contributed by atoms with Crippen molar-refractivity contribution >= 4 is 50.3 Å². The lowest BCUT2D eigenvalue weighted by molar-refractivity contribution is -0.118. The lowest BCUT2D eigenvalue weighted by atomic mass is 10.0. The van der Waals surface area contributed by atoms with Crippen molar-refractivity contribution in [3.8, 4) is 17.2 Å². The summed E-state index contributed by atoms with van der Waals surface area (Å²) in [6, 6.07) is 12.5. The van der Waals surface area contributed by atoms with Gasteiger partial charge in [-0.1, -0.05) is 31.5 Å². The number of nitrogens with two attached hydrogens (primary N) is 2. The number of hydrogen-bond acceptors (Lipinski definition) is 9. The van der Waals surface area contributed by atoms with Gasteiger partial charge in [-0.25, -0.2) is 4.39 Å². The zero-order valence-electron chi connectivity index (χ0n) is 30.9. The molecule has 0 atom stereocenters. The monoisotopic (exact) mass is 740 g/mol. The molecule has 0 aliphatic carbocycles. The Morgan fingerprint density at radius 2 is 1.52 bits per heavy atom. The molecule has 54 heavy (non-hydrogen) atoms. The average Bonchev–Trinajstić information content (AvgIpc) is 3.56. The fraction of sp³-hybridized carbons (Fsp3) is 0.439. The molecule has 3 fully saturated rings. The molecule has 4 aliphatic rings. The highest BCUT2D eigenvalue weighted by molar-refractivity contribution is 6.07. The number of pyridine rings is 1. The Morgan fingerprint density at radius 1 is 0.815 bits per heavy atom. The standard InChI is InChI=1S/C27H20FN3O4.C8H16N2O.C6H13NO/c28-18-10-16-23-26(24(18)30-8-4-1-5-9-30)35-22-11-15-14-6-2-3-7-20(14)34-21(15)12-19(22)31(23)13-17(25(16)32)27(29)33;9-8(11)4-7-10-5-2-1-3-6-10;1-2-7-3-5-8-6-4-7/h2-3,6-7,10-13H,1,4-5,8-9H2,(H2,29,33);1-7H2,(H2,9,11);2-6H2,1H3. The normalized spacial score (nSPS) is 17.3. The number of carbonyl (C=O) groups excluding carboxylic acids is 2. The number of morpholine rings is 1. The number of piperidine rings is 2. The van der Waals surface area contributed by atoms with E-state index in [1.165, 1.54) is 38.1 Å². The van der Waals surface area contributed by atoms with Gasteiger partial charge >= 0.3 is 0 Å². The Balaban J connectivity index is 0.000000194. The first-order valence-electron chi connectivity index (χ1n) is 19.1. The van der Waals surface area contributed by atoms with Crippen LogP contribution in [0, 0.1) is 5.82 Å². The fourth-order valence-electron chi connectivity index (χ4n) is 7.78.